The molecule has 2 aromatic carbocycles. The van der Waals surface area contributed by atoms with Gasteiger partial charge in [0.05, 0.1) is 17.2 Å². The minimum atomic E-state index is -1.15. The molecule has 0 aliphatic rings. The Labute approximate surface area is 137 Å². The van der Waals surface area contributed by atoms with Crippen LogP contribution in [0.3, 0.4) is 0 Å². The summed E-state index contributed by atoms with van der Waals surface area (Å²) < 4.78 is 11.5. The van der Waals surface area contributed by atoms with Crippen molar-refractivity contribution in [3.8, 4) is 5.75 Å². The summed E-state index contributed by atoms with van der Waals surface area (Å²) in [7, 11) is 0. The van der Waals surface area contributed by atoms with Crippen molar-refractivity contribution in [1.29, 1.82) is 0 Å². The molecule has 0 bridgehead atoms. The van der Waals surface area contributed by atoms with Gasteiger partial charge in [-0.25, -0.2) is 4.79 Å². The molecule has 2 aromatic rings. The Morgan fingerprint density at radius 2 is 1.86 bits per heavy atom. The minimum Gasteiger partial charge on any atom is -0.422 e. The molecule has 1 N–H and O–H groups in total. The van der Waals surface area contributed by atoms with Gasteiger partial charge in [-0.05, 0) is 38.1 Å². The molecule has 0 aromatic heterocycles. The SMILES string of the molecule is CC(C)OC(O)c1ccccc1OC(=O)c1cccc(Br)c1. The molecule has 1 atom stereocenters. The molecule has 0 aliphatic heterocycles. The van der Waals surface area contributed by atoms with E-state index < -0.39 is 12.3 Å². The van der Waals surface area contributed by atoms with Gasteiger partial charge in [-0.15, -0.1) is 0 Å². The zero-order valence-corrected chi connectivity index (χ0v) is 13.9. The predicted octanol–water partition coefficient (Wildman–Crippen LogP) is 4.08. The van der Waals surface area contributed by atoms with Gasteiger partial charge in [0.2, 0.25) is 0 Å². The van der Waals surface area contributed by atoms with Crippen LogP contribution in [0.5, 0.6) is 5.75 Å². The summed E-state index contributed by atoms with van der Waals surface area (Å²) in [6.07, 6.45) is -1.30. The third kappa shape index (κ3) is 4.40. The number of aliphatic hydroxyl groups is 1. The Kier molecular flexibility index (Phi) is 5.71. The van der Waals surface area contributed by atoms with E-state index >= 15 is 0 Å². The van der Waals surface area contributed by atoms with Crippen LogP contribution in [0, 0.1) is 0 Å². The lowest BCUT2D eigenvalue weighted by molar-refractivity contribution is -0.129. The molecule has 2 rings (SSSR count). The highest BCUT2D eigenvalue weighted by molar-refractivity contribution is 9.10. The number of para-hydroxylation sites is 1. The highest BCUT2D eigenvalue weighted by Gasteiger charge is 2.18. The van der Waals surface area contributed by atoms with Crippen molar-refractivity contribution in [2.24, 2.45) is 0 Å². The van der Waals surface area contributed by atoms with Crippen molar-refractivity contribution < 1.29 is 19.4 Å². The molecule has 116 valence electrons. The van der Waals surface area contributed by atoms with E-state index in [0.717, 1.165) is 4.47 Å². The van der Waals surface area contributed by atoms with E-state index in [1.165, 1.54) is 0 Å². The Morgan fingerprint density at radius 3 is 2.55 bits per heavy atom. The van der Waals surface area contributed by atoms with E-state index in [-0.39, 0.29) is 11.9 Å². The van der Waals surface area contributed by atoms with E-state index in [4.69, 9.17) is 9.47 Å². The second-order valence-corrected chi connectivity index (χ2v) is 5.89. The maximum absolute atomic E-state index is 12.2. The van der Waals surface area contributed by atoms with Crippen molar-refractivity contribution >= 4 is 21.9 Å². The van der Waals surface area contributed by atoms with Crippen LogP contribution in [0.15, 0.2) is 53.0 Å². The van der Waals surface area contributed by atoms with Gasteiger partial charge < -0.3 is 14.6 Å². The van der Waals surface area contributed by atoms with E-state index in [9.17, 15) is 9.90 Å². The average Bonchev–Trinajstić information content (AvgIpc) is 2.47. The fraction of sp³-hybridized carbons (Fsp3) is 0.235. The van der Waals surface area contributed by atoms with Crippen molar-refractivity contribution in [2.75, 3.05) is 0 Å². The lowest BCUT2D eigenvalue weighted by Crippen LogP contribution is -2.14. The number of carbonyl (C=O) groups is 1. The second-order valence-electron chi connectivity index (χ2n) is 4.97. The Balaban J connectivity index is 2.21. The van der Waals surface area contributed by atoms with E-state index in [1.54, 1.807) is 42.5 Å². The van der Waals surface area contributed by atoms with Gasteiger partial charge in [-0.2, -0.15) is 0 Å². The van der Waals surface area contributed by atoms with Crippen LogP contribution in [0.25, 0.3) is 0 Å². The summed E-state index contributed by atoms with van der Waals surface area (Å²) in [5.41, 5.74) is 0.836. The number of halogens is 1. The predicted molar refractivity (Wildman–Crippen MR) is 86.7 cm³/mol. The monoisotopic (exact) mass is 364 g/mol. The van der Waals surface area contributed by atoms with Crippen LogP contribution in [-0.2, 0) is 4.74 Å². The van der Waals surface area contributed by atoms with Crippen LogP contribution >= 0.6 is 15.9 Å². The molecule has 5 heteroatoms. The number of hydrogen-bond donors (Lipinski definition) is 1. The quantitative estimate of drug-likeness (QED) is 0.493. The lowest BCUT2D eigenvalue weighted by atomic mass is 10.2. The molecular weight excluding hydrogens is 348 g/mol. The molecule has 0 heterocycles. The molecule has 0 aliphatic carbocycles. The smallest absolute Gasteiger partial charge is 0.343 e. The zero-order valence-electron chi connectivity index (χ0n) is 12.3. The van der Waals surface area contributed by atoms with Gasteiger partial charge in [-0.3, -0.25) is 0 Å². The van der Waals surface area contributed by atoms with Crippen molar-refractivity contribution in [2.45, 2.75) is 26.2 Å². The number of benzene rings is 2. The molecule has 1 unspecified atom stereocenters. The normalized spacial score (nSPS) is 12.2. The first-order valence-electron chi connectivity index (χ1n) is 6.87. The number of aliphatic hydroxyl groups excluding tert-OH is 1. The van der Waals surface area contributed by atoms with Crippen LogP contribution < -0.4 is 4.74 Å². The van der Waals surface area contributed by atoms with Crippen LogP contribution in [0.2, 0.25) is 0 Å². The summed E-state index contributed by atoms with van der Waals surface area (Å²) in [5.74, 6) is -0.217. The summed E-state index contributed by atoms with van der Waals surface area (Å²) in [6, 6.07) is 13.7. The highest BCUT2D eigenvalue weighted by Crippen LogP contribution is 2.27. The fourth-order valence-electron chi connectivity index (χ4n) is 1.88. The van der Waals surface area contributed by atoms with Gasteiger partial charge in [-0.1, -0.05) is 40.2 Å². The van der Waals surface area contributed by atoms with Crippen molar-refractivity contribution in [3.63, 3.8) is 0 Å². The molecule has 0 radical (unpaired) electrons. The average molecular weight is 365 g/mol. The van der Waals surface area contributed by atoms with Crippen LogP contribution in [0.1, 0.15) is 36.1 Å². The van der Waals surface area contributed by atoms with E-state index in [1.807, 2.05) is 19.9 Å². The Bertz CT molecular complexity index is 655. The van der Waals surface area contributed by atoms with Crippen molar-refractivity contribution in [3.05, 3.63) is 64.1 Å². The number of carbonyl (C=O) groups excluding carboxylic acids is 1. The van der Waals surface area contributed by atoms with Gasteiger partial charge in [0.1, 0.15) is 5.75 Å². The Morgan fingerprint density at radius 1 is 1.14 bits per heavy atom. The third-order valence-corrected chi connectivity index (χ3v) is 3.34. The minimum absolute atomic E-state index is 0.149. The summed E-state index contributed by atoms with van der Waals surface area (Å²) in [4.78, 5) is 12.2. The third-order valence-electron chi connectivity index (χ3n) is 2.85. The molecule has 4 nitrogen and oxygen atoms in total. The zero-order chi connectivity index (χ0) is 16.1. The topological polar surface area (TPSA) is 55.8 Å². The Hall–Kier alpha value is -1.69. The summed E-state index contributed by atoms with van der Waals surface area (Å²) in [6.45, 7) is 3.64. The van der Waals surface area contributed by atoms with Gasteiger partial charge >= 0.3 is 5.97 Å². The molecular formula is C17H17BrO4. The molecule has 22 heavy (non-hydrogen) atoms. The highest BCUT2D eigenvalue weighted by atomic mass is 79.9. The lowest BCUT2D eigenvalue weighted by Gasteiger charge is -2.18. The maximum Gasteiger partial charge on any atom is 0.343 e. The molecule has 0 fully saturated rings. The largest absolute Gasteiger partial charge is 0.422 e. The van der Waals surface area contributed by atoms with E-state index in [0.29, 0.717) is 11.1 Å². The molecule has 0 spiro atoms. The maximum atomic E-state index is 12.2. The second kappa shape index (κ2) is 7.54. The summed E-state index contributed by atoms with van der Waals surface area (Å²) >= 11 is 3.31. The molecule has 0 saturated heterocycles. The first kappa shape index (κ1) is 16.7. The first-order chi connectivity index (χ1) is 10.5. The first-order valence-corrected chi connectivity index (χ1v) is 7.67. The number of rotatable bonds is 5. The fourth-order valence-corrected chi connectivity index (χ4v) is 2.28. The standard InChI is InChI=1S/C17H17BrO4/c1-11(2)21-17(20)14-8-3-4-9-15(14)22-16(19)12-6-5-7-13(18)10-12/h3-11,17,20H,1-2H3. The number of esters is 1. The van der Waals surface area contributed by atoms with E-state index in [2.05, 4.69) is 15.9 Å². The van der Waals surface area contributed by atoms with Gasteiger partial charge in [0.15, 0.2) is 6.29 Å². The number of ether oxygens (including phenoxy) is 2. The van der Waals surface area contributed by atoms with Gasteiger partial charge in [0, 0.05) is 4.47 Å². The molecule has 0 saturated carbocycles. The van der Waals surface area contributed by atoms with Crippen LogP contribution in [-0.4, -0.2) is 17.2 Å². The summed E-state index contributed by atoms with van der Waals surface area (Å²) in [5, 5.41) is 10.1. The van der Waals surface area contributed by atoms with Gasteiger partial charge in [0.25, 0.3) is 0 Å². The number of hydrogen-bond acceptors (Lipinski definition) is 4. The van der Waals surface area contributed by atoms with Crippen molar-refractivity contribution in [1.82, 2.24) is 0 Å². The van der Waals surface area contributed by atoms with Crippen LogP contribution in [0.4, 0.5) is 0 Å². The molecule has 0 amide bonds.